The van der Waals surface area contributed by atoms with Crippen LogP contribution in [0.5, 0.6) is 0 Å². The van der Waals surface area contributed by atoms with Crippen LogP contribution in [0.4, 0.5) is 4.39 Å². The molecule has 130 valence electrons. The minimum absolute atomic E-state index is 0.244. The first-order valence-corrected chi connectivity index (χ1v) is 8.11. The molecule has 2 aliphatic rings. The molecule has 1 saturated carbocycles. The van der Waals surface area contributed by atoms with Gasteiger partial charge in [0, 0.05) is 13.1 Å². The SMILES string of the molecule is O=C1C(=O)N(C2(CF)CC2)CCN1Cc1ccc(-n2nccn2)cn1. The fourth-order valence-electron chi connectivity index (χ4n) is 3.07. The fourth-order valence-corrected chi connectivity index (χ4v) is 3.07. The van der Waals surface area contributed by atoms with Gasteiger partial charge in [-0.2, -0.15) is 15.0 Å². The van der Waals surface area contributed by atoms with Crippen LogP contribution < -0.4 is 0 Å². The first-order chi connectivity index (χ1) is 12.1. The van der Waals surface area contributed by atoms with Crippen LogP contribution in [0.25, 0.3) is 5.69 Å². The molecule has 4 rings (SSSR count). The van der Waals surface area contributed by atoms with Crippen molar-refractivity contribution < 1.29 is 14.0 Å². The van der Waals surface area contributed by atoms with Crippen LogP contribution in [0.1, 0.15) is 18.5 Å². The Labute approximate surface area is 143 Å². The van der Waals surface area contributed by atoms with Crippen molar-refractivity contribution in [2.75, 3.05) is 19.8 Å². The molecule has 2 amide bonds. The number of carbonyl (C=O) groups excluding carboxylic acids is 2. The topological polar surface area (TPSA) is 84.2 Å². The number of carbonyl (C=O) groups is 2. The number of hydrogen-bond acceptors (Lipinski definition) is 5. The number of rotatable bonds is 5. The van der Waals surface area contributed by atoms with Crippen LogP contribution in [-0.2, 0) is 16.1 Å². The van der Waals surface area contributed by atoms with Crippen molar-refractivity contribution in [1.29, 1.82) is 0 Å². The Balaban J connectivity index is 1.43. The minimum atomic E-state index is -0.727. The van der Waals surface area contributed by atoms with Gasteiger partial charge in [0.2, 0.25) is 0 Å². The van der Waals surface area contributed by atoms with Crippen LogP contribution >= 0.6 is 0 Å². The summed E-state index contributed by atoms with van der Waals surface area (Å²) in [6.45, 7) is 0.407. The highest BCUT2D eigenvalue weighted by molar-refractivity contribution is 6.35. The van der Waals surface area contributed by atoms with E-state index in [0.717, 1.165) is 0 Å². The smallest absolute Gasteiger partial charge is 0.312 e. The van der Waals surface area contributed by atoms with Gasteiger partial charge < -0.3 is 9.80 Å². The van der Waals surface area contributed by atoms with Gasteiger partial charge >= 0.3 is 11.8 Å². The number of nitrogens with zero attached hydrogens (tertiary/aromatic N) is 6. The predicted molar refractivity (Wildman–Crippen MR) is 84.2 cm³/mol. The second-order valence-corrected chi connectivity index (χ2v) is 6.37. The maximum absolute atomic E-state index is 13.2. The van der Waals surface area contributed by atoms with Crippen molar-refractivity contribution in [3.8, 4) is 5.69 Å². The van der Waals surface area contributed by atoms with E-state index >= 15 is 0 Å². The number of amides is 2. The molecule has 2 fully saturated rings. The molecule has 0 atom stereocenters. The first-order valence-electron chi connectivity index (χ1n) is 8.11. The Morgan fingerprint density at radius 3 is 2.44 bits per heavy atom. The zero-order valence-electron chi connectivity index (χ0n) is 13.5. The summed E-state index contributed by atoms with van der Waals surface area (Å²) in [6, 6.07) is 3.57. The highest BCUT2D eigenvalue weighted by Gasteiger charge is 2.53. The zero-order valence-corrected chi connectivity index (χ0v) is 13.5. The number of piperazine rings is 1. The Kier molecular flexibility index (Phi) is 3.70. The van der Waals surface area contributed by atoms with Crippen LogP contribution in [0.3, 0.4) is 0 Å². The van der Waals surface area contributed by atoms with Crippen LogP contribution in [0.15, 0.2) is 30.7 Å². The average Bonchev–Trinajstić information content (AvgIpc) is 3.23. The molecule has 8 nitrogen and oxygen atoms in total. The highest BCUT2D eigenvalue weighted by Crippen LogP contribution is 2.42. The van der Waals surface area contributed by atoms with Crippen molar-refractivity contribution in [2.45, 2.75) is 24.9 Å². The number of hydrogen-bond donors (Lipinski definition) is 0. The van der Waals surface area contributed by atoms with E-state index in [1.807, 2.05) is 0 Å². The van der Waals surface area contributed by atoms with Crippen molar-refractivity contribution in [1.82, 2.24) is 29.8 Å². The summed E-state index contributed by atoms with van der Waals surface area (Å²) in [5, 5.41) is 8.04. The molecule has 2 aromatic rings. The van der Waals surface area contributed by atoms with Gasteiger partial charge in [0.05, 0.1) is 36.4 Å². The zero-order chi connectivity index (χ0) is 17.4. The minimum Gasteiger partial charge on any atom is -0.327 e. The molecule has 1 aliphatic carbocycles. The van der Waals surface area contributed by atoms with Crippen molar-refractivity contribution in [3.05, 3.63) is 36.4 Å². The normalized spacial score (nSPS) is 19.4. The number of alkyl halides is 1. The third-order valence-electron chi connectivity index (χ3n) is 4.77. The summed E-state index contributed by atoms with van der Waals surface area (Å²) in [5.74, 6) is -1.20. The molecule has 0 radical (unpaired) electrons. The van der Waals surface area contributed by atoms with E-state index < -0.39 is 24.0 Å². The molecule has 3 heterocycles. The molecule has 9 heteroatoms. The third kappa shape index (κ3) is 2.75. The quantitative estimate of drug-likeness (QED) is 0.730. The first kappa shape index (κ1) is 15.7. The summed E-state index contributed by atoms with van der Waals surface area (Å²) >= 11 is 0. The molecule has 0 spiro atoms. The van der Waals surface area contributed by atoms with E-state index in [0.29, 0.717) is 37.3 Å². The van der Waals surface area contributed by atoms with E-state index in [4.69, 9.17) is 0 Å². The lowest BCUT2D eigenvalue weighted by Crippen LogP contribution is -2.58. The molecule has 25 heavy (non-hydrogen) atoms. The third-order valence-corrected chi connectivity index (χ3v) is 4.77. The molecule has 1 aliphatic heterocycles. The number of pyridine rings is 1. The van der Waals surface area contributed by atoms with Crippen LogP contribution in [0.2, 0.25) is 0 Å². The van der Waals surface area contributed by atoms with Gasteiger partial charge in [-0.1, -0.05) is 0 Å². The van der Waals surface area contributed by atoms with Crippen molar-refractivity contribution in [2.24, 2.45) is 0 Å². The molecule has 0 aromatic carbocycles. The van der Waals surface area contributed by atoms with Gasteiger partial charge in [0.15, 0.2) is 0 Å². The Morgan fingerprint density at radius 1 is 1.08 bits per heavy atom. The van der Waals surface area contributed by atoms with E-state index in [-0.39, 0.29) is 6.54 Å². The predicted octanol–water partition coefficient (Wildman–Crippen LogP) is 0.335. The Hall–Kier alpha value is -2.84. The molecule has 0 N–H and O–H groups in total. The standard InChI is InChI=1S/C16H17FN6O2/c17-11-16(3-4-16)22-8-7-21(14(24)15(22)25)10-12-1-2-13(9-18-12)23-19-5-6-20-23/h1-2,5-6,9H,3-4,7-8,10-11H2. The lowest BCUT2D eigenvalue weighted by atomic mass is 10.1. The molecular formula is C16H17FN6O2. The van der Waals surface area contributed by atoms with Crippen molar-refractivity contribution in [3.63, 3.8) is 0 Å². The van der Waals surface area contributed by atoms with E-state index in [2.05, 4.69) is 15.2 Å². The second-order valence-electron chi connectivity index (χ2n) is 6.37. The van der Waals surface area contributed by atoms with Gasteiger partial charge in [0.1, 0.15) is 12.4 Å². The maximum atomic E-state index is 13.2. The van der Waals surface area contributed by atoms with Crippen LogP contribution in [-0.4, -0.2) is 66.9 Å². The summed E-state index contributed by atoms with van der Waals surface area (Å²) < 4.78 is 13.2. The summed E-state index contributed by atoms with van der Waals surface area (Å²) in [5.41, 5.74) is 0.645. The van der Waals surface area contributed by atoms with Crippen molar-refractivity contribution >= 4 is 11.8 Å². The van der Waals surface area contributed by atoms with E-state index in [1.165, 1.54) is 14.6 Å². The lowest BCUT2D eigenvalue weighted by molar-refractivity contribution is -0.159. The molecule has 0 bridgehead atoms. The molecular weight excluding hydrogens is 327 g/mol. The Morgan fingerprint density at radius 2 is 1.84 bits per heavy atom. The maximum Gasteiger partial charge on any atom is 0.312 e. The van der Waals surface area contributed by atoms with Gasteiger partial charge in [-0.05, 0) is 25.0 Å². The van der Waals surface area contributed by atoms with E-state index in [9.17, 15) is 14.0 Å². The Bertz CT molecular complexity index is 787. The average molecular weight is 344 g/mol. The summed E-state index contributed by atoms with van der Waals surface area (Å²) in [4.78, 5) is 33.3. The summed E-state index contributed by atoms with van der Waals surface area (Å²) in [7, 11) is 0. The molecule has 2 aromatic heterocycles. The van der Waals surface area contributed by atoms with Crippen LogP contribution in [0, 0.1) is 0 Å². The second kappa shape index (κ2) is 5.91. The molecule has 1 saturated heterocycles. The van der Waals surface area contributed by atoms with Gasteiger partial charge in [-0.15, -0.1) is 0 Å². The van der Waals surface area contributed by atoms with Gasteiger partial charge in [-0.25, -0.2) is 4.39 Å². The summed E-state index contributed by atoms with van der Waals surface area (Å²) in [6.07, 6.45) is 6.02. The largest absolute Gasteiger partial charge is 0.327 e. The number of aromatic nitrogens is 4. The highest BCUT2D eigenvalue weighted by atomic mass is 19.1. The molecule has 0 unspecified atom stereocenters. The van der Waals surface area contributed by atoms with E-state index in [1.54, 1.807) is 30.7 Å². The van der Waals surface area contributed by atoms with Gasteiger partial charge in [-0.3, -0.25) is 14.6 Å². The number of halogens is 1. The monoisotopic (exact) mass is 344 g/mol. The lowest BCUT2D eigenvalue weighted by Gasteiger charge is -2.37. The fraction of sp³-hybridized carbons (Fsp3) is 0.438. The van der Waals surface area contributed by atoms with Gasteiger partial charge in [0.25, 0.3) is 0 Å².